The van der Waals surface area contributed by atoms with Gasteiger partial charge in [-0.25, -0.2) is 0 Å². The summed E-state index contributed by atoms with van der Waals surface area (Å²) in [6.07, 6.45) is 0. The van der Waals surface area contributed by atoms with E-state index in [1.165, 1.54) is 80.3 Å². The summed E-state index contributed by atoms with van der Waals surface area (Å²) in [5.41, 5.74) is 8.83. The zero-order chi connectivity index (χ0) is 31.8. The largest absolute Gasteiger partial charge is 0.309 e. The highest BCUT2D eigenvalue weighted by atomic mass is 32.1. The molecule has 1 nitrogen and oxygen atoms in total. The van der Waals surface area contributed by atoms with Crippen LogP contribution in [0.15, 0.2) is 127 Å². The molecule has 0 fully saturated rings. The van der Waals surface area contributed by atoms with Crippen molar-refractivity contribution < 1.29 is 0 Å². The molecule has 0 aliphatic heterocycles. The average Bonchev–Trinajstić information content (AvgIpc) is 3.59. The summed E-state index contributed by atoms with van der Waals surface area (Å²) in [4.78, 5) is 0. The van der Waals surface area contributed by atoms with Crippen LogP contribution < -0.4 is 10.4 Å². The topological polar surface area (TPSA) is 4.93 Å². The molecule has 0 aliphatic carbocycles. The molecule has 0 atom stereocenters. The van der Waals surface area contributed by atoms with Crippen molar-refractivity contribution in [2.45, 2.75) is 39.3 Å². The summed E-state index contributed by atoms with van der Waals surface area (Å²) < 4.78 is 5.17. The molecule has 4 heteroatoms. The molecule has 0 saturated carbocycles. The minimum atomic E-state index is -1.45. The Kier molecular flexibility index (Phi) is 6.77. The van der Waals surface area contributed by atoms with Gasteiger partial charge in [0.1, 0.15) is 0 Å². The molecule has 0 amide bonds. The van der Waals surface area contributed by atoms with Gasteiger partial charge in [0, 0.05) is 36.6 Å². The van der Waals surface area contributed by atoms with Crippen LogP contribution in [0.2, 0.25) is 39.3 Å². The van der Waals surface area contributed by atoms with Crippen molar-refractivity contribution in [1.29, 1.82) is 0 Å². The molecule has 0 bridgehead atoms. The molecule has 0 aliphatic rings. The van der Waals surface area contributed by atoms with Crippen molar-refractivity contribution in [1.82, 2.24) is 4.57 Å². The molecule has 226 valence electrons. The van der Waals surface area contributed by atoms with Gasteiger partial charge in [-0.15, -0.1) is 11.3 Å². The van der Waals surface area contributed by atoms with E-state index in [2.05, 4.69) is 171 Å². The Morgan fingerprint density at radius 3 is 1.57 bits per heavy atom. The Hall–Kier alpha value is -4.23. The smallest absolute Gasteiger partial charge is 0.0776 e. The Balaban J connectivity index is 1.18. The molecule has 8 rings (SSSR count). The first kappa shape index (κ1) is 29.2. The van der Waals surface area contributed by atoms with Crippen LogP contribution in [0, 0.1) is 0 Å². The Morgan fingerprint density at radius 1 is 0.457 bits per heavy atom. The Labute approximate surface area is 277 Å². The number of hydrogen-bond donors (Lipinski definition) is 0. The summed E-state index contributed by atoms with van der Waals surface area (Å²) in [5.74, 6) is 0. The SMILES string of the molecule is C[Si](C)(C)c1ccc2c(c1)c1cc([Si](C)(C)C)ccc1n2-c1ccc(-c2ccc(-c3cccc4c3sc3ccccc34)cc2)cc1. The molecule has 2 heterocycles. The van der Waals surface area contributed by atoms with Crippen molar-refractivity contribution in [2.75, 3.05) is 0 Å². The van der Waals surface area contributed by atoms with Crippen LogP contribution in [0.1, 0.15) is 0 Å². The molecule has 0 spiro atoms. The molecule has 0 saturated heterocycles. The molecule has 8 aromatic rings. The highest BCUT2D eigenvalue weighted by Gasteiger charge is 2.22. The highest BCUT2D eigenvalue weighted by molar-refractivity contribution is 7.26. The minimum Gasteiger partial charge on any atom is -0.309 e. The predicted octanol–water partition coefficient (Wildman–Crippen LogP) is 11.6. The predicted molar refractivity (Wildman–Crippen MR) is 211 cm³/mol. The van der Waals surface area contributed by atoms with Gasteiger partial charge in [0.2, 0.25) is 0 Å². The van der Waals surface area contributed by atoms with Gasteiger partial charge in [-0.2, -0.15) is 0 Å². The third kappa shape index (κ3) is 4.87. The van der Waals surface area contributed by atoms with Crippen LogP contribution in [-0.2, 0) is 0 Å². The van der Waals surface area contributed by atoms with E-state index in [0.29, 0.717) is 0 Å². The second kappa shape index (κ2) is 10.7. The summed E-state index contributed by atoms with van der Waals surface area (Å²) in [6.45, 7) is 14.6. The van der Waals surface area contributed by atoms with Gasteiger partial charge < -0.3 is 4.57 Å². The summed E-state index contributed by atoms with van der Waals surface area (Å²) >= 11 is 1.89. The first-order chi connectivity index (χ1) is 22.1. The van der Waals surface area contributed by atoms with Crippen molar-refractivity contribution in [3.05, 3.63) is 127 Å². The molecule has 0 radical (unpaired) electrons. The van der Waals surface area contributed by atoms with Crippen LogP contribution in [0.25, 0.3) is 69.9 Å². The Bertz CT molecular complexity index is 2340. The monoisotopic (exact) mass is 645 g/mol. The van der Waals surface area contributed by atoms with E-state index >= 15 is 0 Å². The van der Waals surface area contributed by atoms with Crippen molar-refractivity contribution in [3.63, 3.8) is 0 Å². The van der Waals surface area contributed by atoms with Crippen LogP contribution in [0.5, 0.6) is 0 Å². The number of thiophene rings is 1. The third-order valence-corrected chi connectivity index (χ3v) is 14.9. The van der Waals surface area contributed by atoms with Gasteiger partial charge in [0.05, 0.1) is 27.2 Å². The van der Waals surface area contributed by atoms with Crippen LogP contribution in [0.4, 0.5) is 0 Å². The Morgan fingerprint density at radius 2 is 0.978 bits per heavy atom. The van der Waals surface area contributed by atoms with E-state index in [1.54, 1.807) is 0 Å². The number of aromatic nitrogens is 1. The lowest BCUT2D eigenvalue weighted by Crippen LogP contribution is -2.37. The van der Waals surface area contributed by atoms with Gasteiger partial charge in [-0.05, 0) is 52.6 Å². The van der Waals surface area contributed by atoms with Crippen LogP contribution in [-0.4, -0.2) is 20.7 Å². The first-order valence-electron chi connectivity index (χ1n) is 16.3. The molecule has 46 heavy (non-hydrogen) atoms. The maximum Gasteiger partial charge on any atom is 0.0776 e. The van der Waals surface area contributed by atoms with Crippen LogP contribution >= 0.6 is 11.3 Å². The van der Waals surface area contributed by atoms with Crippen molar-refractivity contribution >= 4 is 79.8 Å². The van der Waals surface area contributed by atoms with E-state index in [9.17, 15) is 0 Å². The standard InChI is InChI=1S/C42H39NSSi2/c1-45(2,3)32-22-24-39-37(26-32)38-27-33(46(4,5)6)23-25-40(38)43(39)31-20-18-29(19-21-31)28-14-16-30(17-15-28)34-11-9-12-36-35-10-7-8-13-41(35)44-42(34)36/h7-27H,1-6H3. The van der Waals surface area contributed by atoms with E-state index in [-0.39, 0.29) is 0 Å². The van der Waals surface area contributed by atoms with Gasteiger partial charge in [-0.1, -0.05) is 147 Å². The fourth-order valence-electron chi connectivity index (χ4n) is 6.85. The number of rotatable bonds is 5. The fraction of sp³-hybridized carbons (Fsp3) is 0.143. The van der Waals surface area contributed by atoms with Crippen molar-refractivity contribution in [3.8, 4) is 27.9 Å². The molecule has 0 N–H and O–H groups in total. The number of benzene rings is 6. The average molecular weight is 646 g/mol. The fourth-order valence-corrected chi connectivity index (χ4v) is 10.4. The molecule has 0 unspecified atom stereocenters. The lowest BCUT2D eigenvalue weighted by atomic mass is 9.99. The van der Waals surface area contributed by atoms with E-state index in [0.717, 1.165) is 0 Å². The van der Waals surface area contributed by atoms with Crippen LogP contribution in [0.3, 0.4) is 0 Å². The molecular weight excluding hydrogens is 607 g/mol. The zero-order valence-electron chi connectivity index (χ0n) is 27.5. The normalized spacial score (nSPS) is 12.6. The van der Waals surface area contributed by atoms with Gasteiger partial charge in [-0.3, -0.25) is 0 Å². The molecule has 6 aromatic carbocycles. The number of nitrogens with zero attached hydrogens (tertiary/aromatic N) is 1. The van der Waals surface area contributed by atoms with Gasteiger partial charge in [0.25, 0.3) is 0 Å². The third-order valence-electron chi connectivity index (χ3n) is 9.56. The van der Waals surface area contributed by atoms with Gasteiger partial charge >= 0.3 is 0 Å². The number of hydrogen-bond acceptors (Lipinski definition) is 1. The second-order valence-electron chi connectivity index (χ2n) is 14.7. The van der Waals surface area contributed by atoms with Gasteiger partial charge in [0.15, 0.2) is 0 Å². The lowest BCUT2D eigenvalue weighted by Gasteiger charge is -2.17. The van der Waals surface area contributed by atoms with E-state index in [4.69, 9.17) is 0 Å². The number of fused-ring (bicyclic) bond motifs is 6. The lowest BCUT2D eigenvalue weighted by molar-refractivity contribution is 1.18. The summed E-state index contributed by atoms with van der Waals surface area (Å²) in [6, 6.07) is 48.1. The zero-order valence-corrected chi connectivity index (χ0v) is 30.3. The second-order valence-corrected chi connectivity index (χ2v) is 25.9. The quantitative estimate of drug-likeness (QED) is 0.164. The minimum absolute atomic E-state index is 1.21. The highest BCUT2D eigenvalue weighted by Crippen LogP contribution is 2.40. The molecular formula is C42H39NSSi2. The van der Waals surface area contributed by atoms with E-state index in [1.807, 2.05) is 11.3 Å². The maximum absolute atomic E-state index is 2.49. The van der Waals surface area contributed by atoms with E-state index < -0.39 is 16.1 Å². The molecule has 2 aromatic heterocycles. The first-order valence-corrected chi connectivity index (χ1v) is 24.1. The maximum atomic E-state index is 2.49. The summed E-state index contributed by atoms with van der Waals surface area (Å²) in [7, 11) is -2.90. The van der Waals surface area contributed by atoms with Crippen molar-refractivity contribution in [2.24, 2.45) is 0 Å². The summed E-state index contributed by atoms with van der Waals surface area (Å²) in [5, 5.41) is 8.47.